The summed E-state index contributed by atoms with van der Waals surface area (Å²) in [7, 11) is 1.75. The average molecular weight is 373 g/mol. The Morgan fingerprint density at radius 3 is 2.57 bits per heavy atom. The van der Waals surface area contributed by atoms with Crippen molar-refractivity contribution in [3.8, 4) is 0 Å². The predicted octanol–water partition coefficient (Wildman–Crippen LogP) is 4.58. The Morgan fingerprint density at radius 1 is 1.30 bits per heavy atom. The molecule has 1 atom stereocenters. The topological polar surface area (TPSA) is 46.9 Å². The van der Waals surface area contributed by atoms with E-state index in [0.717, 1.165) is 16.8 Å². The van der Waals surface area contributed by atoms with Gasteiger partial charge in [0.25, 0.3) is 0 Å². The van der Waals surface area contributed by atoms with Crippen LogP contribution in [0.1, 0.15) is 29.8 Å². The summed E-state index contributed by atoms with van der Waals surface area (Å²) in [5.41, 5.74) is 2.36. The van der Waals surface area contributed by atoms with Gasteiger partial charge in [-0.15, -0.1) is 0 Å². The molecule has 7 heteroatoms. The molecule has 1 aromatic carbocycles. The predicted molar refractivity (Wildman–Crippen MR) is 95.0 cm³/mol. The highest BCUT2D eigenvalue weighted by Gasteiger charge is 2.11. The molecule has 1 unspecified atom stereocenters. The number of nitrogens with zero attached hydrogens (tertiary/aromatic N) is 2. The Kier molecular flexibility index (Phi) is 5.74. The van der Waals surface area contributed by atoms with Crippen LogP contribution in [0.3, 0.4) is 0 Å². The molecule has 0 saturated heterocycles. The van der Waals surface area contributed by atoms with Crippen molar-refractivity contribution in [3.05, 3.63) is 56.3 Å². The fourth-order valence-corrected chi connectivity index (χ4v) is 2.67. The lowest BCUT2D eigenvalue weighted by atomic mass is 10.1. The monoisotopic (exact) mass is 371 g/mol. The molecule has 1 aromatic heterocycles. The highest BCUT2D eigenvalue weighted by molar-refractivity contribution is 6.42. The summed E-state index contributed by atoms with van der Waals surface area (Å²) in [6.45, 7) is 3.70. The fourth-order valence-electron chi connectivity index (χ4n) is 2.12. The second-order valence-electron chi connectivity index (χ2n) is 5.15. The molecule has 0 bridgehead atoms. The van der Waals surface area contributed by atoms with E-state index in [4.69, 9.17) is 34.8 Å². The van der Waals surface area contributed by atoms with E-state index in [0.29, 0.717) is 15.2 Å². The Labute approximate surface area is 150 Å². The van der Waals surface area contributed by atoms with Crippen molar-refractivity contribution in [1.29, 1.82) is 0 Å². The molecule has 23 heavy (non-hydrogen) atoms. The summed E-state index contributed by atoms with van der Waals surface area (Å²) in [6.07, 6.45) is 3.09. The van der Waals surface area contributed by atoms with Crippen molar-refractivity contribution in [2.45, 2.75) is 19.9 Å². The lowest BCUT2D eigenvalue weighted by molar-refractivity contribution is -0.117. The average Bonchev–Trinajstić information content (AvgIpc) is 2.73. The first-order chi connectivity index (χ1) is 10.8. The number of benzene rings is 1. The van der Waals surface area contributed by atoms with Crippen LogP contribution in [0, 0.1) is 6.92 Å². The molecule has 0 aliphatic carbocycles. The minimum atomic E-state index is -0.233. The molecule has 2 rings (SSSR count). The van der Waals surface area contributed by atoms with E-state index < -0.39 is 0 Å². The van der Waals surface area contributed by atoms with Gasteiger partial charge in [0.15, 0.2) is 0 Å². The third-order valence-electron chi connectivity index (χ3n) is 3.40. The van der Waals surface area contributed by atoms with Gasteiger partial charge in [0.05, 0.1) is 21.8 Å². The van der Waals surface area contributed by atoms with E-state index in [1.807, 2.05) is 19.9 Å². The minimum absolute atomic E-state index is 0.201. The van der Waals surface area contributed by atoms with Crippen molar-refractivity contribution in [2.24, 2.45) is 7.05 Å². The number of hydrogen-bond donors (Lipinski definition) is 1. The molecule has 0 radical (unpaired) electrons. The Bertz CT molecular complexity index is 768. The number of aryl methyl sites for hydroxylation is 2. The molecule has 0 saturated carbocycles. The molecular formula is C16H16Cl3N3O. The van der Waals surface area contributed by atoms with Crippen LogP contribution in [-0.4, -0.2) is 15.7 Å². The summed E-state index contributed by atoms with van der Waals surface area (Å²) in [5, 5.41) is 8.48. The number of amides is 1. The highest BCUT2D eigenvalue weighted by Crippen LogP contribution is 2.25. The van der Waals surface area contributed by atoms with Crippen LogP contribution in [0.2, 0.25) is 15.2 Å². The summed E-state index contributed by atoms with van der Waals surface area (Å²) in [4.78, 5) is 12.1. The van der Waals surface area contributed by atoms with Crippen molar-refractivity contribution >= 4 is 46.8 Å². The molecule has 0 spiro atoms. The number of aromatic nitrogens is 2. The van der Waals surface area contributed by atoms with E-state index in [2.05, 4.69) is 10.4 Å². The second-order valence-corrected chi connectivity index (χ2v) is 6.32. The molecule has 1 N–H and O–H groups in total. The van der Waals surface area contributed by atoms with Gasteiger partial charge in [-0.05, 0) is 37.6 Å². The standard InChI is InChI=1S/C16H16Cl3N3O/c1-9(11-4-6-13(17)14(18)8-11)20-15(23)7-5-12-10(2)21-22(3)16(12)19/h4-9H,1-3H3,(H,20,23)/b7-5+. The van der Waals surface area contributed by atoms with Gasteiger partial charge in [-0.2, -0.15) is 5.10 Å². The van der Waals surface area contributed by atoms with E-state index in [9.17, 15) is 4.79 Å². The largest absolute Gasteiger partial charge is 0.346 e. The molecule has 0 aliphatic rings. The summed E-state index contributed by atoms with van der Waals surface area (Å²) < 4.78 is 1.56. The van der Waals surface area contributed by atoms with Crippen LogP contribution < -0.4 is 5.32 Å². The zero-order valence-corrected chi connectivity index (χ0v) is 15.2. The number of carbonyl (C=O) groups excluding carboxylic acids is 1. The van der Waals surface area contributed by atoms with Gasteiger partial charge in [0.2, 0.25) is 5.91 Å². The molecule has 4 nitrogen and oxygen atoms in total. The molecule has 1 heterocycles. The van der Waals surface area contributed by atoms with E-state index in [1.165, 1.54) is 6.08 Å². The first-order valence-corrected chi connectivity index (χ1v) is 8.05. The molecule has 1 amide bonds. The maximum Gasteiger partial charge on any atom is 0.244 e. The number of hydrogen-bond acceptors (Lipinski definition) is 2. The van der Waals surface area contributed by atoms with E-state index in [-0.39, 0.29) is 11.9 Å². The zero-order valence-electron chi connectivity index (χ0n) is 12.9. The molecule has 122 valence electrons. The third kappa shape index (κ3) is 4.28. The van der Waals surface area contributed by atoms with Crippen LogP contribution in [0.4, 0.5) is 0 Å². The maximum absolute atomic E-state index is 12.1. The maximum atomic E-state index is 12.1. The quantitative estimate of drug-likeness (QED) is 0.799. The van der Waals surface area contributed by atoms with E-state index in [1.54, 1.807) is 29.9 Å². The van der Waals surface area contributed by atoms with Crippen LogP contribution in [0.25, 0.3) is 6.08 Å². The van der Waals surface area contributed by atoms with Gasteiger partial charge in [0, 0.05) is 18.7 Å². The summed E-state index contributed by atoms with van der Waals surface area (Å²) in [5.74, 6) is -0.233. The van der Waals surface area contributed by atoms with Gasteiger partial charge in [-0.3, -0.25) is 9.48 Å². The number of halogens is 3. The first-order valence-electron chi connectivity index (χ1n) is 6.92. The highest BCUT2D eigenvalue weighted by atomic mass is 35.5. The normalized spacial score (nSPS) is 12.6. The summed E-state index contributed by atoms with van der Waals surface area (Å²) >= 11 is 18.0. The van der Waals surface area contributed by atoms with Crippen molar-refractivity contribution < 1.29 is 4.79 Å². The smallest absolute Gasteiger partial charge is 0.244 e. The Balaban J connectivity index is 2.06. The lowest BCUT2D eigenvalue weighted by Gasteiger charge is -2.13. The molecule has 0 aliphatic heterocycles. The van der Waals surface area contributed by atoms with Crippen LogP contribution in [0.5, 0.6) is 0 Å². The van der Waals surface area contributed by atoms with Gasteiger partial charge in [0.1, 0.15) is 5.15 Å². The molecule has 2 aromatic rings. The van der Waals surface area contributed by atoms with E-state index >= 15 is 0 Å². The summed E-state index contributed by atoms with van der Waals surface area (Å²) in [6, 6.07) is 5.06. The van der Waals surface area contributed by atoms with Gasteiger partial charge in [-0.1, -0.05) is 40.9 Å². The fraction of sp³-hybridized carbons (Fsp3) is 0.250. The SMILES string of the molecule is Cc1nn(C)c(Cl)c1/C=C/C(=O)NC(C)c1ccc(Cl)c(Cl)c1. The minimum Gasteiger partial charge on any atom is -0.346 e. The zero-order chi connectivity index (χ0) is 17.1. The Hall–Kier alpha value is -1.49. The van der Waals surface area contributed by atoms with Crippen molar-refractivity contribution in [3.63, 3.8) is 0 Å². The van der Waals surface area contributed by atoms with Gasteiger partial charge < -0.3 is 5.32 Å². The Morgan fingerprint density at radius 2 is 2.00 bits per heavy atom. The molecular weight excluding hydrogens is 357 g/mol. The molecule has 0 fully saturated rings. The number of carbonyl (C=O) groups is 1. The lowest BCUT2D eigenvalue weighted by Crippen LogP contribution is -2.24. The van der Waals surface area contributed by atoms with Crippen molar-refractivity contribution in [1.82, 2.24) is 15.1 Å². The number of nitrogens with one attached hydrogen (secondary N) is 1. The second kappa shape index (κ2) is 7.39. The van der Waals surface area contributed by atoms with Gasteiger partial charge >= 0.3 is 0 Å². The first kappa shape index (κ1) is 17.9. The van der Waals surface area contributed by atoms with Crippen LogP contribution >= 0.6 is 34.8 Å². The third-order valence-corrected chi connectivity index (χ3v) is 4.59. The van der Waals surface area contributed by atoms with Crippen molar-refractivity contribution in [2.75, 3.05) is 0 Å². The number of rotatable bonds is 4. The van der Waals surface area contributed by atoms with Gasteiger partial charge in [-0.25, -0.2) is 0 Å². The van der Waals surface area contributed by atoms with Crippen LogP contribution in [0.15, 0.2) is 24.3 Å². The van der Waals surface area contributed by atoms with Crippen LogP contribution in [-0.2, 0) is 11.8 Å².